The van der Waals surface area contributed by atoms with Crippen molar-refractivity contribution in [3.05, 3.63) is 118 Å². The third-order valence-corrected chi connectivity index (χ3v) is 9.33. The van der Waals surface area contributed by atoms with Crippen LogP contribution >= 0.6 is 0 Å². The Balaban J connectivity index is 1.42. The van der Waals surface area contributed by atoms with Crippen molar-refractivity contribution in [2.45, 2.75) is 0 Å². The van der Waals surface area contributed by atoms with Crippen LogP contribution in [-0.2, 0) is 0 Å². The highest BCUT2D eigenvalue weighted by Crippen LogP contribution is 2.45. The summed E-state index contributed by atoms with van der Waals surface area (Å²) in [6, 6.07) is 27.8. The summed E-state index contributed by atoms with van der Waals surface area (Å²) in [6.07, 6.45) is 4.01. The van der Waals surface area contributed by atoms with Crippen LogP contribution in [0, 0.1) is 0 Å². The molecular weight excluding hydrogens is 520 g/mol. The van der Waals surface area contributed by atoms with Crippen molar-refractivity contribution in [1.82, 2.24) is 18.8 Å². The fourth-order valence-electron chi connectivity index (χ4n) is 7.64. The zero-order chi connectivity index (χ0) is 27.4. The molecule has 0 saturated carbocycles. The molecule has 0 radical (unpaired) electrons. The monoisotopic (exact) mass is 536 g/mol. The number of pyridine rings is 2. The molecule has 42 heavy (non-hydrogen) atoms. The van der Waals surface area contributed by atoms with E-state index in [0.717, 1.165) is 81.6 Å². The number of hydrogen-bond acceptors (Lipinski definition) is 4. The van der Waals surface area contributed by atoms with Crippen LogP contribution in [0.3, 0.4) is 0 Å². The largest absolute Gasteiger partial charge is 0.298 e. The Morgan fingerprint density at radius 2 is 1.02 bits per heavy atom. The lowest BCUT2D eigenvalue weighted by Crippen LogP contribution is -2.07. The summed E-state index contributed by atoms with van der Waals surface area (Å²) in [5.41, 5.74) is 5.07. The first-order valence-electron chi connectivity index (χ1n) is 13.9. The molecule has 4 aromatic heterocycles. The van der Waals surface area contributed by atoms with E-state index < -0.39 is 0 Å². The van der Waals surface area contributed by atoms with Crippen LogP contribution in [0.25, 0.3) is 98.0 Å². The summed E-state index contributed by atoms with van der Waals surface area (Å²) in [7, 11) is 0. The van der Waals surface area contributed by atoms with E-state index in [4.69, 9.17) is 9.97 Å². The molecule has 0 atom stereocenters. The summed E-state index contributed by atoms with van der Waals surface area (Å²) < 4.78 is 4.05. The summed E-state index contributed by atoms with van der Waals surface area (Å²) in [5, 5.41) is 10.7. The highest BCUT2D eigenvalue weighted by Gasteiger charge is 2.23. The highest BCUT2D eigenvalue weighted by atomic mass is 16.1. The van der Waals surface area contributed by atoms with Gasteiger partial charge >= 0.3 is 0 Å². The Hall–Kier alpha value is -5.88. The predicted octanol–water partition coefficient (Wildman–Crippen LogP) is 7.24. The van der Waals surface area contributed by atoms with Crippen molar-refractivity contribution in [2.75, 3.05) is 0 Å². The fourth-order valence-corrected chi connectivity index (χ4v) is 7.64. The minimum atomic E-state index is -0.0534. The van der Waals surface area contributed by atoms with Gasteiger partial charge in [-0.25, -0.2) is 9.97 Å². The molecule has 0 aliphatic carbocycles. The third-order valence-electron chi connectivity index (χ3n) is 9.33. The van der Waals surface area contributed by atoms with Crippen LogP contribution < -0.4 is 10.9 Å². The van der Waals surface area contributed by atoms with E-state index in [1.165, 1.54) is 0 Å². The van der Waals surface area contributed by atoms with Crippen molar-refractivity contribution >= 4 is 98.0 Å². The summed E-state index contributed by atoms with van der Waals surface area (Å²) in [4.78, 5) is 37.7. The lowest BCUT2D eigenvalue weighted by molar-refractivity contribution is 1.26. The second kappa shape index (κ2) is 6.70. The lowest BCUT2D eigenvalue weighted by atomic mass is 9.86. The van der Waals surface area contributed by atoms with Crippen LogP contribution in [0.4, 0.5) is 0 Å². The number of hydrogen-bond donors (Lipinski definition) is 0. The van der Waals surface area contributed by atoms with Crippen molar-refractivity contribution in [3.8, 4) is 0 Å². The van der Waals surface area contributed by atoms with Gasteiger partial charge in [-0.15, -0.1) is 0 Å². The van der Waals surface area contributed by atoms with Crippen LogP contribution in [-0.4, -0.2) is 18.8 Å². The molecule has 0 amide bonds. The molecule has 6 nitrogen and oxygen atoms in total. The second-order valence-corrected chi connectivity index (χ2v) is 11.3. The molecule has 6 heteroatoms. The Bertz CT molecular complexity index is 3080. The normalized spacial score (nSPS) is 13.0. The molecule has 4 heterocycles. The topological polar surface area (TPSA) is 68.7 Å². The number of benzene rings is 7. The number of nitrogens with zero attached hydrogens (tertiary/aromatic N) is 4. The van der Waals surface area contributed by atoms with Crippen LogP contribution in [0.5, 0.6) is 0 Å². The molecule has 0 spiro atoms. The summed E-state index contributed by atoms with van der Waals surface area (Å²) in [5.74, 6) is 0. The molecule has 7 aromatic carbocycles. The zero-order valence-corrected chi connectivity index (χ0v) is 21.8. The Morgan fingerprint density at radius 3 is 1.79 bits per heavy atom. The van der Waals surface area contributed by atoms with Crippen molar-refractivity contribution in [2.24, 2.45) is 0 Å². The third kappa shape index (κ3) is 2.21. The van der Waals surface area contributed by atoms with Gasteiger partial charge in [0.15, 0.2) is 10.9 Å². The van der Waals surface area contributed by atoms with Gasteiger partial charge in [-0.2, -0.15) is 0 Å². The SMILES string of the molecule is O=c1cc2c3ccc4cn5c6ccccc6nc5c5c(=O)cc(c6ccc7c(c1cn1c8ccccc8nc71)c26)c3c45. The van der Waals surface area contributed by atoms with E-state index in [2.05, 4.69) is 30.5 Å². The van der Waals surface area contributed by atoms with Gasteiger partial charge in [0.05, 0.1) is 27.5 Å². The smallest absolute Gasteiger partial charge is 0.190 e. The lowest BCUT2D eigenvalue weighted by Gasteiger charge is -2.18. The van der Waals surface area contributed by atoms with Gasteiger partial charge in [0.2, 0.25) is 0 Å². The van der Waals surface area contributed by atoms with E-state index in [9.17, 15) is 9.59 Å². The fraction of sp³-hybridized carbons (Fsp3) is 0. The average Bonchev–Trinajstić information content (AvgIpc) is 3.58. The maximum atomic E-state index is 14.0. The van der Waals surface area contributed by atoms with Crippen molar-refractivity contribution in [1.29, 1.82) is 0 Å². The quantitative estimate of drug-likeness (QED) is 0.151. The van der Waals surface area contributed by atoms with E-state index in [1.54, 1.807) is 12.1 Å². The van der Waals surface area contributed by atoms with Gasteiger partial charge in [-0.3, -0.25) is 18.4 Å². The molecule has 0 fully saturated rings. The Morgan fingerprint density at radius 1 is 0.452 bits per heavy atom. The number of fused-ring (bicyclic) bond motifs is 10. The molecule has 192 valence electrons. The molecule has 0 unspecified atom stereocenters. The minimum absolute atomic E-state index is 0.0267. The van der Waals surface area contributed by atoms with Gasteiger partial charge in [0.1, 0.15) is 11.3 Å². The Kier molecular flexibility index (Phi) is 3.34. The van der Waals surface area contributed by atoms with Gasteiger partial charge in [-0.05, 0) is 80.2 Å². The van der Waals surface area contributed by atoms with Crippen LogP contribution in [0.1, 0.15) is 0 Å². The van der Waals surface area contributed by atoms with E-state index >= 15 is 0 Å². The Labute approximate surface area is 234 Å². The van der Waals surface area contributed by atoms with Crippen LogP contribution in [0.2, 0.25) is 0 Å². The molecule has 0 aliphatic heterocycles. The predicted molar refractivity (Wildman–Crippen MR) is 170 cm³/mol. The van der Waals surface area contributed by atoms with Crippen molar-refractivity contribution in [3.63, 3.8) is 0 Å². The maximum absolute atomic E-state index is 14.0. The van der Waals surface area contributed by atoms with Gasteiger partial charge < -0.3 is 0 Å². The molecule has 0 aliphatic rings. The summed E-state index contributed by atoms with van der Waals surface area (Å²) >= 11 is 0. The van der Waals surface area contributed by atoms with Gasteiger partial charge in [0.25, 0.3) is 0 Å². The van der Waals surface area contributed by atoms with Gasteiger partial charge in [0, 0.05) is 33.9 Å². The number of imidazole rings is 2. The molecule has 11 rings (SSSR count). The molecule has 0 saturated heterocycles. The van der Waals surface area contributed by atoms with E-state index in [-0.39, 0.29) is 10.9 Å². The van der Waals surface area contributed by atoms with E-state index in [1.807, 2.05) is 63.5 Å². The molecule has 11 aromatic rings. The zero-order valence-electron chi connectivity index (χ0n) is 21.8. The number of aromatic nitrogens is 4. The van der Waals surface area contributed by atoms with Crippen LogP contribution in [0.15, 0.2) is 107 Å². The van der Waals surface area contributed by atoms with Gasteiger partial charge in [-0.1, -0.05) is 42.5 Å². The maximum Gasteiger partial charge on any atom is 0.190 e. The first kappa shape index (κ1) is 20.9. The first-order chi connectivity index (χ1) is 20.7. The second-order valence-electron chi connectivity index (χ2n) is 11.3. The first-order valence-corrected chi connectivity index (χ1v) is 13.9. The molecule has 0 N–H and O–H groups in total. The number of rotatable bonds is 0. The standard InChI is InChI=1S/C36H16N4O2/c41-28-13-21-18-10-9-17-15-39-26-7-3-2-6-25(26)38-36(39)34-29(42)14-22(31(18)30(17)34)19-11-12-20-33(32(19)21)23(28)16-40-27-8-4-1-5-24(27)37-35(20)40/h1-16H. The average molecular weight is 537 g/mol. The highest BCUT2D eigenvalue weighted by molar-refractivity contribution is 6.40. The molecule has 0 bridgehead atoms. The minimum Gasteiger partial charge on any atom is -0.298 e. The van der Waals surface area contributed by atoms with E-state index in [0.29, 0.717) is 16.4 Å². The molecular formula is C36H16N4O2. The van der Waals surface area contributed by atoms with Crippen molar-refractivity contribution < 1.29 is 0 Å². The summed E-state index contributed by atoms with van der Waals surface area (Å²) in [6.45, 7) is 0. The number of para-hydroxylation sites is 4.